The van der Waals surface area contributed by atoms with Crippen LogP contribution in [0.2, 0.25) is 0 Å². The van der Waals surface area contributed by atoms with E-state index >= 15 is 0 Å². The van der Waals surface area contributed by atoms with Gasteiger partial charge in [0.1, 0.15) is 0 Å². The average Bonchev–Trinajstić information content (AvgIpc) is 2.46. The summed E-state index contributed by atoms with van der Waals surface area (Å²) in [6.07, 6.45) is -0.279. The summed E-state index contributed by atoms with van der Waals surface area (Å²) in [5.74, 6) is -3.79. The van der Waals surface area contributed by atoms with Crippen LogP contribution in [0.3, 0.4) is 0 Å². The fourth-order valence-electron chi connectivity index (χ4n) is 2.69. The minimum Gasteiger partial charge on any atom is -0.480 e. The van der Waals surface area contributed by atoms with Crippen LogP contribution in [0.1, 0.15) is 48.7 Å². The molecule has 0 amide bonds. The molecule has 8 heteroatoms. The number of ketones is 1. The molecule has 1 aromatic rings. The molecule has 0 atom stereocenters. The number of hydrogen-bond donors (Lipinski definition) is 2. The summed E-state index contributed by atoms with van der Waals surface area (Å²) < 4.78 is 0. The first kappa shape index (κ1) is 18.3. The van der Waals surface area contributed by atoms with Crippen LogP contribution >= 0.6 is 0 Å². The molecule has 23 heavy (non-hydrogen) atoms. The Balaban J connectivity index is 3.98. The molecule has 0 aliphatic carbocycles. The van der Waals surface area contributed by atoms with Crippen molar-refractivity contribution in [1.29, 1.82) is 0 Å². The first-order valence-electron chi connectivity index (χ1n) is 6.93. The maximum atomic E-state index is 11.6. The van der Waals surface area contributed by atoms with E-state index in [0.717, 1.165) is 6.07 Å². The highest BCUT2D eigenvalue weighted by Crippen LogP contribution is 2.39. The molecule has 1 rings (SSSR count). The van der Waals surface area contributed by atoms with Crippen LogP contribution in [0.4, 0.5) is 5.69 Å². The Labute approximate surface area is 131 Å². The summed E-state index contributed by atoms with van der Waals surface area (Å²) in [5, 5.41) is 30.3. The zero-order valence-corrected chi connectivity index (χ0v) is 13.0. The second-order valence-electron chi connectivity index (χ2n) is 5.02. The average molecular weight is 323 g/mol. The van der Waals surface area contributed by atoms with Gasteiger partial charge in [-0.2, -0.15) is 0 Å². The van der Waals surface area contributed by atoms with Crippen molar-refractivity contribution in [2.45, 2.75) is 39.0 Å². The van der Waals surface area contributed by atoms with Crippen molar-refractivity contribution < 1.29 is 29.5 Å². The fourth-order valence-corrected chi connectivity index (χ4v) is 2.69. The highest BCUT2D eigenvalue weighted by molar-refractivity contribution is 6.06. The number of nitro groups is 1. The van der Waals surface area contributed by atoms with Crippen LogP contribution in [0, 0.1) is 10.1 Å². The van der Waals surface area contributed by atoms with E-state index in [1.165, 1.54) is 19.9 Å². The minimum atomic E-state index is -2.44. The van der Waals surface area contributed by atoms with Crippen molar-refractivity contribution in [2.24, 2.45) is 0 Å². The van der Waals surface area contributed by atoms with Gasteiger partial charge in [0.05, 0.1) is 10.5 Å². The Morgan fingerprint density at radius 2 is 1.70 bits per heavy atom. The van der Waals surface area contributed by atoms with Crippen molar-refractivity contribution >= 4 is 23.4 Å². The number of benzene rings is 1. The van der Waals surface area contributed by atoms with Crippen LogP contribution in [0.5, 0.6) is 0 Å². The van der Waals surface area contributed by atoms with Crippen LogP contribution in [0.25, 0.3) is 0 Å². The number of Topliss-reactive ketones (excluding diaryl/α,β-unsaturated/α-hetero) is 1. The lowest BCUT2D eigenvalue weighted by molar-refractivity contribution is -0.386. The second-order valence-corrected chi connectivity index (χ2v) is 5.02. The van der Waals surface area contributed by atoms with Crippen molar-refractivity contribution in [2.75, 3.05) is 0 Å². The molecular formula is C15H17NO7. The monoisotopic (exact) mass is 323 g/mol. The molecule has 0 bridgehead atoms. The lowest BCUT2D eigenvalue weighted by Gasteiger charge is -2.24. The van der Waals surface area contributed by atoms with E-state index in [4.69, 9.17) is 0 Å². The number of carbonyl (C=O) groups excluding carboxylic acids is 1. The Kier molecular flexibility index (Phi) is 5.21. The maximum Gasteiger partial charge on any atom is 0.325 e. The zero-order chi connectivity index (χ0) is 17.9. The quantitative estimate of drug-likeness (QED) is 0.340. The molecule has 0 aliphatic heterocycles. The van der Waals surface area contributed by atoms with Crippen LogP contribution < -0.4 is 0 Å². The highest BCUT2D eigenvalue weighted by Gasteiger charge is 2.51. The lowest BCUT2D eigenvalue weighted by Crippen LogP contribution is -2.44. The number of rotatable bonds is 7. The molecule has 0 heterocycles. The molecule has 2 N–H and O–H groups in total. The molecule has 0 aliphatic rings. The maximum absolute atomic E-state index is 11.6. The van der Waals surface area contributed by atoms with E-state index in [1.54, 1.807) is 6.92 Å². The number of carboxylic acid groups (broad SMARTS) is 2. The Morgan fingerprint density at radius 1 is 1.17 bits per heavy atom. The summed E-state index contributed by atoms with van der Waals surface area (Å²) in [4.78, 5) is 45.5. The number of hydrogen-bond acceptors (Lipinski definition) is 5. The molecule has 0 saturated heterocycles. The minimum absolute atomic E-state index is 0.0420. The van der Waals surface area contributed by atoms with Gasteiger partial charge in [0.15, 0.2) is 11.2 Å². The predicted octanol–water partition coefficient (Wildman–Crippen LogP) is 2.18. The molecule has 0 spiro atoms. The van der Waals surface area contributed by atoms with Crippen LogP contribution in [-0.2, 0) is 21.4 Å². The third-order valence-corrected chi connectivity index (χ3v) is 3.92. The predicted molar refractivity (Wildman–Crippen MR) is 79.7 cm³/mol. The van der Waals surface area contributed by atoms with E-state index in [1.807, 2.05) is 0 Å². The van der Waals surface area contributed by atoms with Gasteiger partial charge in [0, 0.05) is 11.1 Å². The fraction of sp³-hybridized carbons (Fsp3) is 0.400. The lowest BCUT2D eigenvalue weighted by atomic mass is 9.75. The molecular weight excluding hydrogens is 306 g/mol. The molecule has 0 unspecified atom stereocenters. The van der Waals surface area contributed by atoms with Crippen molar-refractivity contribution in [3.63, 3.8) is 0 Å². The summed E-state index contributed by atoms with van der Waals surface area (Å²) in [6, 6.07) is 2.31. The molecule has 8 nitrogen and oxygen atoms in total. The Morgan fingerprint density at radius 3 is 2.00 bits per heavy atom. The van der Waals surface area contributed by atoms with Crippen molar-refractivity contribution in [3.05, 3.63) is 38.9 Å². The standard InChI is InChI=1S/C15H17NO7/c1-4-9-10(8(3)17)6-7-11(12(9)16(22)23)15(5-2,13(18)19)14(20)21/h6-7H,4-5H2,1-3H3,(H,18,19)(H,20,21). The van der Waals surface area contributed by atoms with Crippen molar-refractivity contribution in [3.8, 4) is 0 Å². The van der Waals surface area contributed by atoms with Crippen LogP contribution in [-0.4, -0.2) is 32.9 Å². The van der Waals surface area contributed by atoms with Gasteiger partial charge in [-0.1, -0.05) is 19.9 Å². The summed E-state index contributed by atoms with van der Waals surface area (Å²) in [7, 11) is 0. The van der Waals surface area contributed by atoms with Crippen molar-refractivity contribution in [1.82, 2.24) is 0 Å². The largest absolute Gasteiger partial charge is 0.480 e. The van der Waals surface area contributed by atoms with E-state index in [2.05, 4.69) is 0 Å². The smallest absolute Gasteiger partial charge is 0.325 e. The normalized spacial score (nSPS) is 11.1. The molecule has 124 valence electrons. The van der Waals surface area contributed by atoms with Gasteiger partial charge in [-0.05, 0) is 25.8 Å². The molecule has 0 radical (unpaired) electrons. The van der Waals surface area contributed by atoms with Crippen LogP contribution in [0.15, 0.2) is 12.1 Å². The van der Waals surface area contributed by atoms with Gasteiger partial charge in [0.2, 0.25) is 0 Å². The van der Waals surface area contributed by atoms with Gasteiger partial charge >= 0.3 is 11.9 Å². The molecule has 1 aromatic carbocycles. The zero-order valence-electron chi connectivity index (χ0n) is 13.0. The number of aliphatic carboxylic acids is 2. The summed E-state index contributed by atoms with van der Waals surface area (Å²) >= 11 is 0. The summed E-state index contributed by atoms with van der Waals surface area (Å²) in [6.45, 7) is 4.14. The first-order valence-corrected chi connectivity index (χ1v) is 6.93. The van der Waals surface area contributed by atoms with E-state index in [-0.39, 0.29) is 24.0 Å². The third kappa shape index (κ3) is 2.79. The van der Waals surface area contributed by atoms with E-state index < -0.39 is 39.3 Å². The first-order chi connectivity index (χ1) is 10.6. The van der Waals surface area contributed by atoms with Gasteiger partial charge in [0.25, 0.3) is 5.69 Å². The van der Waals surface area contributed by atoms with Gasteiger partial charge in [-0.25, -0.2) is 0 Å². The van der Waals surface area contributed by atoms with Gasteiger partial charge < -0.3 is 10.2 Å². The SMILES string of the molecule is CCc1c(C(C)=O)ccc(C(CC)(C(=O)O)C(=O)O)c1[N+](=O)[O-]. The van der Waals surface area contributed by atoms with E-state index in [0.29, 0.717) is 0 Å². The van der Waals surface area contributed by atoms with Gasteiger partial charge in [-0.15, -0.1) is 0 Å². The molecule has 0 aromatic heterocycles. The second kappa shape index (κ2) is 6.55. The van der Waals surface area contributed by atoms with E-state index in [9.17, 15) is 34.7 Å². The number of carbonyl (C=O) groups is 3. The number of carboxylic acids is 2. The Hall–Kier alpha value is -2.77. The molecule has 0 saturated carbocycles. The molecule has 0 fully saturated rings. The number of nitrogens with zero attached hydrogens (tertiary/aromatic N) is 1. The highest BCUT2D eigenvalue weighted by atomic mass is 16.6. The van der Waals surface area contributed by atoms with Gasteiger partial charge in [-0.3, -0.25) is 24.5 Å². The number of nitro benzene ring substituents is 1. The summed E-state index contributed by atoms with van der Waals surface area (Å²) in [5.41, 5.74) is -3.36. The topological polar surface area (TPSA) is 135 Å². The Bertz CT molecular complexity index is 679. The third-order valence-electron chi connectivity index (χ3n) is 3.92.